The Hall–Kier alpha value is -3.02. The van der Waals surface area contributed by atoms with Crippen LogP contribution in [-0.4, -0.2) is 18.9 Å². The molecule has 0 saturated heterocycles. The van der Waals surface area contributed by atoms with Gasteiger partial charge in [0.25, 0.3) is 0 Å². The van der Waals surface area contributed by atoms with Crippen molar-refractivity contribution in [3.8, 4) is 0 Å². The number of ether oxygens (including phenoxy) is 1. The van der Waals surface area contributed by atoms with Gasteiger partial charge in [-0.25, -0.2) is 8.78 Å². The van der Waals surface area contributed by atoms with Crippen LogP contribution in [0.15, 0.2) is 60.3 Å². The van der Waals surface area contributed by atoms with Crippen molar-refractivity contribution >= 4 is 17.4 Å². The molecule has 2 aromatic rings. The molecule has 1 N–H and O–H groups in total. The van der Waals surface area contributed by atoms with Gasteiger partial charge in [-0.1, -0.05) is 30.3 Å². The molecule has 0 aliphatic heterocycles. The van der Waals surface area contributed by atoms with Crippen LogP contribution >= 0.6 is 0 Å². The van der Waals surface area contributed by atoms with Crippen LogP contribution in [-0.2, 0) is 14.3 Å². The van der Waals surface area contributed by atoms with Gasteiger partial charge in [-0.15, -0.1) is 0 Å². The maximum Gasteiger partial charge on any atom is 0.317 e. The molecule has 6 heteroatoms. The number of carbonyl (C=O) groups excluding carboxylic acids is 2. The van der Waals surface area contributed by atoms with Crippen molar-refractivity contribution in [2.45, 2.75) is 12.3 Å². The van der Waals surface area contributed by atoms with E-state index in [0.717, 1.165) is 17.7 Å². The van der Waals surface area contributed by atoms with E-state index in [1.807, 2.05) is 30.3 Å². The monoisotopic (exact) mass is 357 g/mol. The number of rotatable bonds is 4. The van der Waals surface area contributed by atoms with Crippen LogP contribution in [0.1, 0.15) is 17.9 Å². The highest BCUT2D eigenvalue weighted by atomic mass is 19.1. The number of carbonyl (C=O) groups is 2. The summed E-state index contributed by atoms with van der Waals surface area (Å²) in [5.74, 6) is -3.85. The number of benzene rings is 2. The SMILES string of the molecule is COC(=O)[C@H]1C(=O)C=C(Nc2ccc(F)cc2F)C[C@@H]1c1ccccc1. The lowest BCUT2D eigenvalue weighted by atomic mass is 9.76. The third-order valence-electron chi connectivity index (χ3n) is 4.37. The number of ketones is 1. The van der Waals surface area contributed by atoms with E-state index < -0.39 is 35.2 Å². The number of halogens is 2. The second-order valence-corrected chi connectivity index (χ2v) is 6.04. The lowest BCUT2D eigenvalue weighted by molar-refractivity contribution is -0.149. The summed E-state index contributed by atoms with van der Waals surface area (Å²) in [6.07, 6.45) is 1.59. The molecule has 2 atom stereocenters. The zero-order valence-corrected chi connectivity index (χ0v) is 14.0. The molecular formula is C20H17F2NO3. The first-order valence-electron chi connectivity index (χ1n) is 8.09. The fourth-order valence-corrected chi connectivity index (χ4v) is 3.14. The lowest BCUT2D eigenvalue weighted by Crippen LogP contribution is -2.34. The van der Waals surface area contributed by atoms with Crippen molar-refractivity contribution in [1.29, 1.82) is 0 Å². The minimum Gasteiger partial charge on any atom is -0.468 e. The molecule has 0 unspecified atom stereocenters. The molecule has 0 radical (unpaired) electrons. The molecule has 26 heavy (non-hydrogen) atoms. The van der Waals surface area contributed by atoms with E-state index in [1.165, 1.54) is 19.3 Å². The smallest absolute Gasteiger partial charge is 0.317 e. The topological polar surface area (TPSA) is 55.4 Å². The highest BCUT2D eigenvalue weighted by Gasteiger charge is 2.39. The molecule has 4 nitrogen and oxygen atoms in total. The first-order valence-corrected chi connectivity index (χ1v) is 8.09. The summed E-state index contributed by atoms with van der Waals surface area (Å²) >= 11 is 0. The Morgan fingerprint density at radius 2 is 1.88 bits per heavy atom. The maximum absolute atomic E-state index is 13.9. The highest BCUT2D eigenvalue weighted by Crippen LogP contribution is 2.37. The Morgan fingerprint density at radius 3 is 2.54 bits per heavy atom. The molecule has 0 saturated carbocycles. The van der Waals surface area contributed by atoms with Crippen LogP contribution in [0, 0.1) is 17.6 Å². The summed E-state index contributed by atoms with van der Waals surface area (Å²) in [6.45, 7) is 0. The van der Waals surface area contributed by atoms with E-state index >= 15 is 0 Å². The van der Waals surface area contributed by atoms with Gasteiger partial charge in [0.15, 0.2) is 5.78 Å². The number of hydrogen-bond acceptors (Lipinski definition) is 4. The number of hydrogen-bond donors (Lipinski definition) is 1. The molecular weight excluding hydrogens is 340 g/mol. The van der Waals surface area contributed by atoms with Gasteiger partial charge in [-0.3, -0.25) is 9.59 Å². The predicted octanol–water partition coefficient (Wildman–Crippen LogP) is 3.81. The van der Waals surface area contributed by atoms with Gasteiger partial charge in [0.1, 0.15) is 17.6 Å². The molecule has 0 amide bonds. The van der Waals surface area contributed by atoms with Crippen molar-refractivity contribution in [2.24, 2.45) is 5.92 Å². The normalized spacial score (nSPS) is 19.7. The van der Waals surface area contributed by atoms with Crippen LogP contribution in [0.2, 0.25) is 0 Å². The second-order valence-electron chi connectivity index (χ2n) is 6.04. The number of allylic oxidation sites excluding steroid dienone is 2. The van der Waals surface area contributed by atoms with Gasteiger partial charge in [-0.2, -0.15) is 0 Å². The minimum atomic E-state index is -0.953. The minimum absolute atomic E-state index is 0.0637. The first kappa shape index (κ1) is 17.8. The molecule has 134 valence electrons. The summed E-state index contributed by atoms with van der Waals surface area (Å²) in [4.78, 5) is 24.7. The van der Waals surface area contributed by atoms with Crippen molar-refractivity contribution in [1.82, 2.24) is 0 Å². The standard InChI is InChI=1S/C20H17F2NO3/c1-26-20(25)19-15(12-5-3-2-4-6-12)10-14(11-18(19)24)23-17-8-7-13(21)9-16(17)22/h2-9,11,15,19,23H,10H2,1H3/t15-,19-/m1/s1. The molecule has 0 fully saturated rings. The third kappa shape index (κ3) is 3.64. The van der Waals surface area contributed by atoms with Crippen LogP contribution in [0.3, 0.4) is 0 Å². The Balaban J connectivity index is 1.93. The Morgan fingerprint density at radius 1 is 1.15 bits per heavy atom. The molecule has 2 aromatic carbocycles. The van der Waals surface area contributed by atoms with E-state index in [9.17, 15) is 18.4 Å². The van der Waals surface area contributed by atoms with E-state index in [0.29, 0.717) is 12.1 Å². The maximum atomic E-state index is 13.9. The van der Waals surface area contributed by atoms with Crippen LogP contribution in [0.25, 0.3) is 0 Å². The zero-order chi connectivity index (χ0) is 18.7. The number of anilines is 1. The fourth-order valence-electron chi connectivity index (χ4n) is 3.14. The molecule has 0 spiro atoms. The third-order valence-corrected chi connectivity index (χ3v) is 4.37. The van der Waals surface area contributed by atoms with E-state index in [4.69, 9.17) is 4.74 Å². The van der Waals surface area contributed by atoms with Crippen molar-refractivity contribution < 1.29 is 23.1 Å². The van der Waals surface area contributed by atoms with E-state index in [1.54, 1.807) is 0 Å². The average Bonchev–Trinajstić information content (AvgIpc) is 2.64. The summed E-state index contributed by atoms with van der Waals surface area (Å²) in [5, 5.41) is 2.83. The number of nitrogens with one attached hydrogen (secondary N) is 1. The second kappa shape index (κ2) is 7.47. The van der Waals surface area contributed by atoms with E-state index in [-0.39, 0.29) is 5.69 Å². The Labute approximate surface area is 149 Å². The van der Waals surface area contributed by atoms with E-state index in [2.05, 4.69) is 5.32 Å². The van der Waals surface area contributed by atoms with Crippen molar-refractivity contribution in [3.05, 3.63) is 77.5 Å². The van der Waals surface area contributed by atoms with Crippen LogP contribution < -0.4 is 5.32 Å². The van der Waals surface area contributed by atoms with Crippen LogP contribution in [0.4, 0.5) is 14.5 Å². The molecule has 3 rings (SSSR count). The number of esters is 1. The molecule has 0 aromatic heterocycles. The summed E-state index contributed by atoms with van der Waals surface area (Å²) in [5.41, 5.74) is 1.33. The Kier molecular flexibility index (Phi) is 5.11. The van der Waals surface area contributed by atoms with Gasteiger partial charge in [-0.05, 0) is 24.1 Å². The van der Waals surface area contributed by atoms with Gasteiger partial charge in [0, 0.05) is 23.8 Å². The highest BCUT2D eigenvalue weighted by molar-refractivity contribution is 6.07. The molecule has 0 heterocycles. The largest absolute Gasteiger partial charge is 0.468 e. The predicted molar refractivity (Wildman–Crippen MR) is 92.4 cm³/mol. The lowest BCUT2D eigenvalue weighted by Gasteiger charge is -2.29. The molecule has 0 bridgehead atoms. The van der Waals surface area contributed by atoms with Crippen molar-refractivity contribution in [3.63, 3.8) is 0 Å². The van der Waals surface area contributed by atoms with Gasteiger partial charge >= 0.3 is 5.97 Å². The average molecular weight is 357 g/mol. The Bertz CT molecular complexity index is 865. The van der Waals surface area contributed by atoms with Gasteiger partial charge in [0.2, 0.25) is 0 Å². The summed E-state index contributed by atoms with van der Waals surface area (Å²) in [6, 6.07) is 12.3. The van der Waals surface area contributed by atoms with Gasteiger partial charge < -0.3 is 10.1 Å². The summed E-state index contributed by atoms with van der Waals surface area (Å²) < 4.78 is 31.7. The molecule has 1 aliphatic carbocycles. The summed E-state index contributed by atoms with van der Waals surface area (Å²) in [7, 11) is 1.24. The first-order chi connectivity index (χ1) is 12.5. The number of methoxy groups -OCH3 is 1. The fraction of sp³-hybridized carbons (Fsp3) is 0.200. The zero-order valence-electron chi connectivity index (χ0n) is 14.0. The van der Waals surface area contributed by atoms with Crippen molar-refractivity contribution in [2.75, 3.05) is 12.4 Å². The van der Waals surface area contributed by atoms with Crippen LogP contribution in [0.5, 0.6) is 0 Å². The van der Waals surface area contributed by atoms with Gasteiger partial charge in [0.05, 0.1) is 12.8 Å². The molecule has 1 aliphatic rings. The quantitative estimate of drug-likeness (QED) is 0.668.